The molecule has 1 aromatic heterocycles. The van der Waals surface area contributed by atoms with Gasteiger partial charge in [-0.25, -0.2) is 13.6 Å². The van der Waals surface area contributed by atoms with Gasteiger partial charge in [0.2, 0.25) is 11.8 Å². The molecule has 41 heavy (non-hydrogen) atoms. The Morgan fingerprint density at radius 2 is 1.73 bits per heavy atom. The van der Waals surface area contributed by atoms with Crippen LogP contribution in [0.4, 0.5) is 13.6 Å². The molecule has 0 N–H and O–H groups in total. The number of pyridine rings is 1. The second kappa shape index (κ2) is 9.29. The molecule has 3 atom stereocenters. The molecule has 2 bridgehead atoms. The van der Waals surface area contributed by atoms with E-state index in [1.165, 1.54) is 4.90 Å². The van der Waals surface area contributed by atoms with Crippen LogP contribution >= 0.6 is 0 Å². The largest absolute Gasteiger partial charge is 0.494 e. The lowest BCUT2D eigenvalue weighted by Gasteiger charge is -2.39. The minimum Gasteiger partial charge on any atom is -0.474 e. The number of ether oxygens (including phenoxy) is 3. The van der Waals surface area contributed by atoms with Gasteiger partial charge in [0.25, 0.3) is 5.92 Å². The van der Waals surface area contributed by atoms with Gasteiger partial charge in [-0.1, -0.05) is 18.2 Å². The zero-order valence-corrected chi connectivity index (χ0v) is 24.6. The lowest BCUT2D eigenvalue weighted by Crippen LogP contribution is -2.53. The Balaban J connectivity index is 1.16. The molecule has 5 heterocycles. The normalized spacial score (nSPS) is 27.1. The highest BCUT2D eigenvalue weighted by Crippen LogP contribution is 2.47. The number of nitrogens with zero attached hydrogens (tertiary/aromatic N) is 2. The van der Waals surface area contributed by atoms with Crippen molar-refractivity contribution in [2.24, 2.45) is 0 Å². The van der Waals surface area contributed by atoms with Crippen molar-refractivity contribution in [3.8, 4) is 22.9 Å². The van der Waals surface area contributed by atoms with E-state index in [0.717, 1.165) is 22.2 Å². The number of benzene rings is 1. The van der Waals surface area contributed by atoms with Crippen molar-refractivity contribution in [3.05, 3.63) is 35.9 Å². The van der Waals surface area contributed by atoms with Gasteiger partial charge in [-0.3, -0.25) is 4.90 Å². The molecule has 0 aliphatic carbocycles. The lowest BCUT2D eigenvalue weighted by molar-refractivity contribution is -0.0608. The van der Waals surface area contributed by atoms with Crippen LogP contribution in [0.5, 0.6) is 11.8 Å². The summed E-state index contributed by atoms with van der Waals surface area (Å²) in [7, 11) is -0.468. The molecule has 6 rings (SSSR count). The summed E-state index contributed by atoms with van der Waals surface area (Å²) < 4.78 is 59.7. The van der Waals surface area contributed by atoms with E-state index in [2.05, 4.69) is 4.98 Å². The summed E-state index contributed by atoms with van der Waals surface area (Å²) >= 11 is 0. The topological polar surface area (TPSA) is 79.4 Å². The van der Waals surface area contributed by atoms with Crippen LogP contribution in [-0.4, -0.2) is 64.0 Å². The van der Waals surface area contributed by atoms with Crippen LogP contribution in [0.1, 0.15) is 73.3 Å². The first-order valence-electron chi connectivity index (χ1n) is 14.2. The van der Waals surface area contributed by atoms with Crippen LogP contribution in [0.15, 0.2) is 30.3 Å². The Morgan fingerprint density at radius 1 is 1.05 bits per heavy atom. The summed E-state index contributed by atoms with van der Waals surface area (Å²) in [6.45, 7) is 13.6. The summed E-state index contributed by atoms with van der Waals surface area (Å²) in [6, 6.07) is 7.73. The SMILES string of the molecule is CC(C)(C)OC(=O)N1C2CC(Oc3ccc4c(n3)OCc3cc(B5OC(C)(C)C(C)(C)O5)ccc3-4)CC1C(F)(F)C2. The summed E-state index contributed by atoms with van der Waals surface area (Å²) in [6.07, 6.45) is -1.35. The molecule has 1 amide bonds. The van der Waals surface area contributed by atoms with Crippen molar-refractivity contribution >= 4 is 18.7 Å². The van der Waals surface area contributed by atoms with E-state index in [0.29, 0.717) is 18.4 Å². The van der Waals surface area contributed by atoms with Crippen molar-refractivity contribution in [3.63, 3.8) is 0 Å². The molecular weight excluding hydrogens is 533 g/mol. The Bertz CT molecular complexity index is 1360. The van der Waals surface area contributed by atoms with Crippen LogP contribution in [0, 0.1) is 0 Å². The van der Waals surface area contributed by atoms with Crippen LogP contribution in [0.25, 0.3) is 11.1 Å². The van der Waals surface area contributed by atoms with E-state index in [1.807, 2.05) is 52.0 Å². The number of carbonyl (C=O) groups excluding carboxylic acids is 1. The van der Waals surface area contributed by atoms with Crippen LogP contribution in [0.2, 0.25) is 0 Å². The number of piperidine rings is 1. The zero-order valence-electron chi connectivity index (χ0n) is 24.6. The van der Waals surface area contributed by atoms with Crippen LogP contribution in [0.3, 0.4) is 0 Å². The molecule has 2 aromatic rings. The predicted octanol–water partition coefficient (Wildman–Crippen LogP) is 5.49. The smallest absolute Gasteiger partial charge is 0.474 e. The third-order valence-electron chi connectivity index (χ3n) is 8.78. The third-order valence-corrected chi connectivity index (χ3v) is 8.78. The van der Waals surface area contributed by atoms with E-state index in [1.54, 1.807) is 26.8 Å². The molecule has 3 saturated heterocycles. The van der Waals surface area contributed by atoms with E-state index in [4.69, 9.17) is 23.5 Å². The zero-order chi connectivity index (χ0) is 29.5. The van der Waals surface area contributed by atoms with Crippen molar-refractivity contribution in [2.45, 2.75) is 115 Å². The van der Waals surface area contributed by atoms with Gasteiger partial charge in [0.15, 0.2) is 0 Å². The van der Waals surface area contributed by atoms with E-state index < -0.39 is 60.5 Å². The Morgan fingerprint density at radius 3 is 2.39 bits per heavy atom. The molecule has 8 nitrogen and oxygen atoms in total. The van der Waals surface area contributed by atoms with Gasteiger partial charge in [-0.05, 0) is 71.1 Å². The molecule has 1 aromatic carbocycles. The standard InChI is InChI=1S/C30H37BF2N2O6/c1-27(2,3)39-26(36)35-19-13-20(14-23(35)30(32,33)15-19)38-24-11-10-22-21-9-8-18(12-17(21)16-37-25(22)34-24)31-40-28(4,5)29(6,7)41-31/h8-12,19-20,23H,13-16H2,1-7H3. The molecular formula is C30H37BF2N2O6. The lowest BCUT2D eigenvalue weighted by atomic mass is 9.77. The minimum atomic E-state index is -3.01. The molecule has 0 saturated carbocycles. The van der Waals surface area contributed by atoms with Crippen LogP contribution < -0.4 is 14.9 Å². The average molecular weight is 570 g/mol. The molecule has 4 aliphatic rings. The monoisotopic (exact) mass is 570 g/mol. The Labute approximate surface area is 239 Å². The van der Waals surface area contributed by atoms with Gasteiger partial charge in [-0.15, -0.1) is 0 Å². The van der Waals surface area contributed by atoms with Gasteiger partial charge in [0, 0.05) is 36.9 Å². The maximum Gasteiger partial charge on any atom is 0.494 e. The fourth-order valence-corrected chi connectivity index (χ4v) is 6.07. The number of carbonyl (C=O) groups is 1. The minimum absolute atomic E-state index is 0.00705. The molecule has 0 spiro atoms. The predicted molar refractivity (Wildman–Crippen MR) is 149 cm³/mol. The Kier molecular flexibility index (Phi) is 6.40. The molecule has 4 aliphatic heterocycles. The number of rotatable bonds is 3. The number of amides is 1. The third kappa shape index (κ3) is 5.05. The fraction of sp³-hybridized carbons (Fsp3) is 0.600. The molecule has 220 valence electrons. The van der Waals surface area contributed by atoms with Gasteiger partial charge in [-0.2, -0.15) is 4.98 Å². The Hall–Kier alpha value is -2.92. The van der Waals surface area contributed by atoms with Crippen molar-refractivity contribution in [1.82, 2.24) is 9.88 Å². The number of hydrogen-bond donors (Lipinski definition) is 0. The second-order valence-electron chi connectivity index (χ2n) is 13.5. The summed E-state index contributed by atoms with van der Waals surface area (Å²) in [5.41, 5.74) is 2.11. The van der Waals surface area contributed by atoms with Gasteiger partial charge < -0.3 is 23.5 Å². The maximum absolute atomic E-state index is 14.9. The number of alkyl halides is 2. The van der Waals surface area contributed by atoms with Gasteiger partial charge in [0.05, 0.1) is 11.2 Å². The number of hydrogen-bond acceptors (Lipinski definition) is 7. The summed E-state index contributed by atoms with van der Waals surface area (Å²) in [4.78, 5) is 18.5. The van der Waals surface area contributed by atoms with Crippen LogP contribution in [-0.2, 0) is 20.7 Å². The van der Waals surface area contributed by atoms with Gasteiger partial charge in [0.1, 0.15) is 24.4 Å². The summed E-state index contributed by atoms with van der Waals surface area (Å²) in [5.74, 6) is -2.27. The molecule has 3 unspecified atom stereocenters. The maximum atomic E-state index is 14.9. The van der Waals surface area contributed by atoms with E-state index in [-0.39, 0.29) is 12.8 Å². The number of fused-ring (bicyclic) bond motifs is 5. The first-order chi connectivity index (χ1) is 19.0. The van der Waals surface area contributed by atoms with E-state index in [9.17, 15) is 13.6 Å². The fourth-order valence-electron chi connectivity index (χ4n) is 6.07. The first kappa shape index (κ1) is 28.2. The van der Waals surface area contributed by atoms with Crippen molar-refractivity contribution in [2.75, 3.05) is 0 Å². The highest BCUT2D eigenvalue weighted by molar-refractivity contribution is 6.62. The average Bonchev–Trinajstić information content (AvgIpc) is 3.18. The number of aromatic nitrogens is 1. The quantitative estimate of drug-likeness (QED) is 0.452. The second-order valence-corrected chi connectivity index (χ2v) is 13.5. The molecule has 3 fully saturated rings. The van der Waals surface area contributed by atoms with Gasteiger partial charge >= 0.3 is 13.2 Å². The highest BCUT2D eigenvalue weighted by atomic mass is 19.3. The summed E-state index contributed by atoms with van der Waals surface area (Å²) in [5, 5.41) is 0. The van der Waals surface area contributed by atoms with E-state index >= 15 is 0 Å². The van der Waals surface area contributed by atoms with Crippen molar-refractivity contribution in [1.29, 1.82) is 0 Å². The first-order valence-corrected chi connectivity index (χ1v) is 14.2. The molecule has 11 heteroatoms. The molecule has 0 radical (unpaired) electrons. The number of halogens is 2. The highest BCUT2D eigenvalue weighted by Gasteiger charge is 2.60. The van der Waals surface area contributed by atoms with Crippen molar-refractivity contribution < 1.29 is 37.1 Å².